The molecule has 0 aliphatic carbocycles. The van der Waals surface area contributed by atoms with E-state index < -0.39 is 10.0 Å². The van der Waals surface area contributed by atoms with Crippen molar-refractivity contribution >= 4 is 21.4 Å². The Balaban J connectivity index is 1.73. The molecule has 0 fully saturated rings. The highest BCUT2D eigenvalue weighted by molar-refractivity contribution is 7.89. The summed E-state index contributed by atoms with van der Waals surface area (Å²) in [6, 6.07) is 12.8. The minimum atomic E-state index is -3.54. The summed E-state index contributed by atoms with van der Waals surface area (Å²) in [6.07, 6.45) is 1.70. The predicted octanol–water partition coefficient (Wildman–Crippen LogP) is 4.41. The number of aromatic nitrogens is 1. The van der Waals surface area contributed by atoms with Crippen LogP contribution in [-0.2, 0) is 16.6 Å². The van der Waals surface area contributed by atoms with Crippen molar-refractivity contribution < 1.29 is 8.42 Å². The number of benzene rings is 1. The maximum Gasteiger partial charge on any atom is 0.240 e. The topological polar surface area (TPSA) is 59.1 Å². The Kier molecular flexibility index (Phi) is 5.32. The third kappa shape index (κ3) is 4.34. The van der Waals surface area contributed by atoms with Gasteiger partial charge in [0.15, 0.2) is 0 Å². The lowest BCUT2D eigenvalue weighted by atomic mass is 10.0. The minimum Gasteiger partial charge on any atom is -0.256 e. The number of pyridine rings is 1. The van der Waals surface area contributed by atoms with Crippen LogP contribution < -0.4 is 4.72 Å². The number of sulfonamides is 1. The average Bonchev–Trinajstić information content (AvgIpc) is 3.15. The van der Waals surface area contributed by atoms with E-state index in [9.17, 15) is 8.42 Å². The molecule has 2 aromatic heterocycles. The van der Waals surface area contributed by atoms with Gasteiger partial charge >= 0.3 is 0 Å². The van der Waals surface area contributed by atoms with E-state index >= 15 is 0 Å². The van der Waals surface area contributed by atoms with Crippen molar-refractivity contribution in [3.05, 3.63) is 70.5 Å². The maximum atomic E-state index is 12.5. The third-order valence-electron chi connectivity index (χ3n) is 3.96. The number of thiophene rings is 1. The van der Waals surface area contributed by atoms with E-state index in [0.717, 1.165) is 22.4 Å². The fourth-order valence-electron chi connectivity index (χ4n) is 2.45. The number of nitrogens with one attached hydrogen (secondary N) is 1. The largest absolute Gasteiger partial charge is 0.256 e. The molecule has 6 heteroatoms. The van der Waals surface area contributed by atoms with Crippen molar-refractivity contribution in [3.63, 3.8) is 0 Å². The van der Waals surface area contributed by atoms with E-state index in [4.69, 9.17) is 0 Å². The van der Waals surface area contributed by atoms with Crippen molar-refractivity contribution in [1.29, 1.82) is 0 Å². The molecule has 25 heavy (non-hydrogen) atoms. The normalized spacial score (nSPS) is 11.8. The fourth-order valence-corrected chi connectivity index (χ4v) is 4.11. The Morgan fingerprint density at radius 2 is 1.88 bits per heavy atom. The fraction of sp³-hybridized carbons (Fsp3) is 0.211. The van der Waals surface area contributed by atoms with E-state index in [1.807, 2.05) is 41.1 Å². The van der Waals surface area contributed by atoms with Crippen LogP contribution in [0.25, 0.3) is 11.3 Å². The van der Waals surface area contributed by atoms with Crippen LogP contribution in [0.5, 0.6) is 0 Å². The van der Waals surface area contributed by atoms with Crippen LogP contribution in [0.2, 0.25) is 0 Å². The summed E-state index contributed by atoms with van der Waals surface area (Å²) in [4.78, 5) is 4.62. The molecule has 0 spiro atoms. The molecule has 0 unspecified atom stereocenters. The van der Waals surface area contributed by atoms with Gasteiger partial charge in [-0.05, 0) is 52.8 Å². The maximum absolute atomic E-state index is 12.5. The van der Waals surface area contributed by atoms with Crippen molar-refractivity contribution in [1.82, 2.24) is 9.71 Å². The van der Waals surface area contributed by atoms with Gasteiger partial charge in [-0.1, -0.05) is 26.0 Å². The number of hydrogen-bond acceptors (Lipinski definition) is 4. The Morgan fingerprint density at radius 1 is 1.12 bits per heavy atom. The first-order chi connectivity index (χ1) is 12.0. The molecule has 130 valence electrons. The molecule has 0 saturated carbocycles. The standard InChI is InChI=1S/C19H20N2O2S2/c1-14(2)16-3-5-18(6-4-16)25(22,23)21-12-15-7-9-20-19(11-15)17-8-10-24-13-17/h3-11,13-14,21H,12H2,1-2H3. The van der Waals surface area contributed by atoms with Crippen LogP contribution in [-0.4, -0.2) is 13.4 Å². The van der Waals surface area contributed by atoms with Crippen molar-refractivity contribution in [3.8, 4) is 11.3 Å². The van der Waals surface area contributed by atoms with E-state index in [-0.39, 0.29) is 11.4 Å². The van der Waals surface area contributed by atoms with Gasteiger partial charge in [-0.25, -0.2) is 13.1 Å². The second-order valence-corrected chi connectivity index (χ2v) is 8.66. The van der Waals surface area contributed by atoms with E-state index in [1.165, 1.54) is 0 Å². The molecule has 1 N–H and O–H groups in total. The summed E-state index contributed by atoms with van der Waals surface area (Å²) < 4.78 is 27.6. The molecule has 0 saturated heterocycles. The highest BCUT2D eigenvalue weighted by Gasteiger charge is 2.14. The van der Waals surface area contributed by atoms with E-state index in [0.29, 0.717) is 5.92 Å². The minimum absolute atomic E-state index is 0.230. The van der Waals surface area contributed by atoms with Crippen LogP contribution in [0.4, 0.5) is 0 Å². The summed E-state index contributed by atoms with van der Waals surface area (Å²) in [7, 11) is -3.54. The Labute approximate surface area is 152 Å². The zero-order valence-electron chi connectivity index (χ0n) is 14.1. The van der Waals surface area contributed by atoms with Crippen LogP contribution in [0, 0.1) is 0 Å². The van der Waals surface area contributed by atoms with Gasteiger partial charge in [0.1, 0.15) is 0 Å². The summed E-state index contributed by atoms with van der Waals surface area (Å²) >= 11 is 1.61. The average molecular weight is 373 g/mol. The highest BCUT2D eigenvalue weighted by Crippen LogP contribution is 2.21. The lowest BCUT2D eigenvalue weighted by Crippen LogP contribution is -2.23. The van der Waals surface area contributed by atoms with Gasteiger partial charge in [0.05, 0.1) is 10.6 Å². The summed E-state index contributed by atoms with van der Waals surface area (Å²) in [5, 5.41) is 4.01. The van der Waals surface area contributed by atoms with Crippen LogP contribution in [0.3, 0.4) is 0 Å². The molecule has 4 nitrogen and oxygen atoms in total. The SMILES string of the molecule is CC(C)c1ccc(S(=O)(=O)NCc2ccnc(-c3ccsc3)c2)cc1. The summed E-state index contributed by atoms with van der Waals surface area (Å²) in [5.74, 6) is 0.372. The monoisotopic (exact) mass is 372 g/mol. The van der Waals surface area contributed by atoms with Crippen LogP contribution >= 0.6 is 11.3 Å². The molecule has 2 heterocycles. The Morgan fingerprint density at radius 3 is 2.52 bits per heavy atom. The zero-order valence-corrected chi connectivity index (χ0v) is 15.8. The molecular weight excluding hydrogens is 352 g/mol. The summed E-state index contributed by atoms with van der Waals surface area (Å²) in [5.41, 5.74) is 3.88. The molecule has 1 aromatic carbocycles. The first kappa shape index (κ1) is 17.8. The van der Waals surface area contributed by atoms with Gasteiger partial charge in [0, 0.05) is 23.7 Å². The van der Waals surface area contributed by atoms with E-state index in [1.54, 1.807) is 29.7 Å². The first-order valence-electron chi connectivity index (χ1n) is 8.03. The van der Waals surface area contributed by atoms with Crippen molar-refractivity contribution in [2.24, 2.45) is 0 Å². The van der Waals surface area contributed by atoms with Gasteiger partial charge in [0.2, 0.25) is 10.0 Å². The molecule has 0 amide bonds. The van der Waals surface area contributed by atoms with Gasteiger partial charge in [-0.15, -0.1) is 0 Å². The number of nitrogens with zero attached hydrogens (tertiary/aromatic N) is 1. The second-order valence-electron chi connectivity index (χ2n) is 6.11. The first-order valence-corrected chi connectivity index (χ1v) is 10.5. The van der Waals surface area contributed by atoms with Gasteiger partial charge < -0.3 is 0 Å². The van der Waals surface area contributed by atoms with E-state index in [2.05, 4.69) is 23.6 Å². The molecule has 0 atom stereocenters. The number of rotatable bonds is 6. The van der Waals surface area contributed by atoms with Crippen LogP contribution in [0.15, 0.2) is 64.3 Å². The third-order valence-corrected chi connectivity index (χ3v) is 6.07. The zero-order chi connectivity index (χ0) is 17.9. The second kappa shape index (κ2) is 7.47. The smallest absolute Gasteiger partial charge is 0.240 e. The van der Waals surface area contributed by atoms with Crippen molar-refractivity contribution in [2.45, 2.75) is 31.2 Å². The van der Waals surface area contributed by atoms with Gasteiger partial charge in [0.25, 0.3) is 0 Å². The molecular formula is C19H20N2O2S2. The Bertz CT molecular complexity index is 932. The van der Waals surface area contributed by atoms with Crippen molar-refractivity contribution in [2.75, 3.05) is 0 Å². The molecule has 3 aromatic rings. The molecule has 0 radical (unpaired) electrons. The number of hydrogen-bond donors (Lipinski definition) is 1. The predicted molar refractivity (Wildman–Crippen MR) is 102 cm³/mol. The molecule has 0 bridgehead atoms. The Hall–Kier alpha value is -2.02. The summed E-state index contributed by atoms with van der Waals surface area (Å²) in [6.45, 7) is 4.39. The highest BCUT2D eigenvalue weighted by atomic mass is 32.2. The lowest BCUT2D eigenvalue weighted by Gasteiger charge is -2.10. The lowest BCUT2D eigenvalue weighted by molar-refractivity contribution is 0.581. The quantitative estimate of drug-likeness (QED) is 0.697. The van der Waals surface area contributed by atoms with Crippen LogP contribution in [0.1, 0.15) is 30.9 Å². The molecule has 0 aliphatic heterocycles. The molecule has 0 aliphatic rings. The molecule has 3 rings (SSSR count). The van der Waals surface area contributed by atoms with Gasteiger partial charge in [-0.2, -0.15) is 11.3 Å². The van der Waals surface area contributed by atoms with Gasteiger partial charge in [-0.3, -0.25) is 4.98 Å².